The first-order valence-corrected chi connectivity index (χ1v) is 15.5. The van der Waals surface area contributed by atoms with Crippen molar-refractivity contribution in [3.8, 4) is 0 Å². The van der Waals surface area contributed by atoms with E-state index in [9.17, 15) is 22.8 Å². The highest BCUT2D eigenvalue weighted by Gasteiger charge is 2.32. The maximum atomic E-state index is 13.7. The number of hydrogen-bond donors (Lipinski definition) is 2. The lowest BCUT2D eigenvalue weighted by Crippen LogP contribution is -2.54. The zero-order valence-corrected chi connectivity index (χ0v) is 24.5. The van der Waals surface area contributed by atoms with Gasteiger partial charge in [-0.1, -0.05) is 79.7 Å². The fraction of sp³-hybridized carbons (Fsp3) is 0.258. The summed E-state index contributed by atoms with van der Waals surface area (Å²) < 4.78 is 37.2. The van der Waals surface area contributed by atoms with Crippen molar-refractivity contribution in [2.45, 2.75) is 38.1 Å². The van der Waals surface area contributed by atoms with Crippen LogP contribution < -0.4 is 10.6 Å². The molecule has 0 aliphatic carbocycles. The van der Waals surface area contributed by atoms with Crippen molar-refractivity contribution in [1.29, 1.82) is 0 Å². The normalized spacial score (nSPS) is 13.2. The molecule has 11 nitrogen and oxygen atoms in total. The maximum Gasteiger partial charge on any atom is 0.435 e. The number of ether oxygens (including phenoxy) is 1. The minimum absolute atomic E-state index is 0.0626. The van der Waals surface area contributed by atoms with Crippen molar-refractivity contribution in [2.24, 2.45) is 4.99 Å². The Hall–Kier alpha value is -4.84. The van der Waals surface area contributed by atoms with Crippen LogP contribution in [0, 0.1) is 0 Å². The van der Waals surface area contributed by atoms with Crippen molar-refractivity contribution in [1.82, 2.24) is 15.6 Å². The third kappa shape index (κ3) is 8.58. The van der Waals surface area contributed by atoms with E-state index in [1.807, 2.05) is 0 Å². The number of amidine groups is 1. The maximum absolute atomic E-state index is 13.7. The number of nitrogens with one attached hydrogen (secondary N) is 2. The zero-order valence-electron chi connectivity index (χ0n) is 23.7. The molecule has 0 aliphatic rings. The van der Waals surface area contributed by atoms with E-state index in [0.717, 1.165) is 0 Å². The molecule has 4 aromatic rings. The zero-order chi connectivity index (χ0) is 30.8. The molecular formula is C31H32N4O7S. The lowest BCUT2D eigenvalue weighted by molar-refractivity contribution is -0.122. The van der Waals surface area contributed by atoms with Gasteiger partial charge in [0.2, 0.25) is 11.7 Å². The summed E-state index contributed by atoms with van der Waals surface area (Å²) in [5, 5.41) is 5.48. The summed E-state index contributed by atoms with van der Waals surface area (Å²) in [6.07, 6.45) is -0.743. The van der Waals surface area contributed by atoms with Gasteiger partial charge in [-0.15, -0.1) is 0 Å². The largest absolute Gasteiger partial charge is 0.448 e. The van der Waals surface area contributed by atoms with Gasteiger partial charge in [-0.2, -0.15) is 4.99 Å². The molecule has 2 amide bonds. The predicted molar refractivity (Wildman–Crippen MR) is 161 cm³/mol. The third-order valence-electron chi connectivity index (χ3n) is 6.34. The number of para-hydroxylation sites is 2. The molecule has 0 radical (unpaired) electrons. The summed E-state index contributed by atoms with van der Waals surface area (Å²) >= 11 is 0. The van der Waals surface area contributed by atoms with Crippen LogP contribution in [0.2, 0.25) is 0 Å². The summed E-state index contributed by atoms with van der Waals surface area (Å²) in [7, 11) is -3.89. The van der Waals surface area contributed by atoms with Gasteiger partial charge in [-0.05, 0) is 31.0 Å². The lowest BCUT2D eigenvalue weighted by atomic mass is 10.1. The molecule has 1 heterocycles. The highest BCUT2D eigenvalue weighted by molar-refractivity contribution is 7.90. The number of carbonyl (C=O) groups is 3. The number of hydrogen-bond acceptors (Lipinski definition) is 8. The molecule has 2 unspecified atom stereocenters. The van der Waals surface area contributed by atoms with Gasteiger partial charge in [0.25, 0.3) is 5.89 Å². The molecule has 0 spiro atoms. The molecular weight excluding hydrogens is 572 g/mol. The summed E-state index contributed by atoms with van der Waals surface area (Å²) in [6, 6.07) is 21.3. The van der Waals surface area contributed by atoms with Crippen molar-refractivity contribution in [2.75, 3.05) is 12.4 Å². The molecule has 3 aromatic carbocycles. The second kappa shape index (κ2) is 14.4. The van der Waals surface area contributed by atoms with E-state index < -0.39 is 45.5 Å². The summed E-state index contributed by atoms with van der Waals surface area (Å²) in [4.78, 5) is 47.5. The summed E-state index contributed by atoms with van der Waals surface area (Å²) in [5.41, 5.74) is 1.87. The SMILES string of the molecule is CCOC(=O)/N=C(\NC(CS(=O)(=O)Cc1ccccc1)C(=O)NC(CC)C(=O)c1nc2ccccc2o1)c1ccccc1. The minimum atomic E-state index is -3.89. The number of sulfone groups is 1. The van der Waals surface area contributed by atoms with Gasteiger partial charge in [0.1, 0.15) is 17.4 Å². The fourth-order valence-electron chi connectivity index (χ4n) is 4.26. The van der Waals surface area contributed by atoms with E-state index in [-0.39, 0.29) is 30.5 Å². The monoisotopic (exact) mass is 604 g/mol. The number of Topliss-reactive ketones (excluding diaryl/α,β-unsaturated/α-hetero) is 1. The topological polar surface area (TPSA) is 157 Å². The summed E-state index contributed by atoms with van der Waals surface area (Å²) in [5.74, 6) is -2.58. The van der Waals surface area contributed by atoms with Crippen LogP contribution in [0.3, 0.4) is 0 Å². The van der Waals surface area contributed by atoms with E-state index in [1.54, 1.807) is 98.8 Å². The van der Waals surface area contributed by atoms with Crippen molar-refractivity contribution < 1.29 is 32.0 Å². The highest BCUT2D eigenvalue weighted by Crippen LogP contribution is 2.17. The van der Waals surface area contributed by atoms with Gasteiger partial charge in [-0.25, -0.2) is 18.2 Å². The molecule has 0 aliphatic heterocycles. The highest BCUT2D eigenvalue weighted by atomic mass is 32.2. The first-order valence-electron chi connectivity index (χ1n) is 13.7. The number of fused-ring (bicyclic) bond motifs is 1. The molecule has 0 fully saturated rings. The molecule has 4 rings (SSSR count). The van der Waals surface area contributed by atoms with Crippen molar-refractivity contribution in [3.05, 3.63) is 102 Å². The summed E-state index contributed by atoms with van der Waals surface area (Å²) in [6.45, 7) is 3.38. The van der Waals surface area contributed by atoms with Crippen LogP contribution in [0.1, 0.15) is 42.1 Å². The van der Waals surface area contributed by atoms with E-state index in [4.69, 9.17) is 9.15 Å². The molecule has 43 heavy (non-hydrogen) atoms. The molecule has 12 heteroatoms. The average molecular weight is 605 g/mol. The Kier molecular flexibility index (Phi) is 10.4. The third-order valence-corrected chi connectivity index (χ3v) is 7.96. The van der Waals surface area contributed by atoms with Gasteiger partial charge < -0.3 is 19.8 Å². The van der Waals surface area contributed by atoms with Crippen LogP contribution >= 0.6 is 0 Å². The number of aromatic nitrogens is 1. The second-order valence-corrected chi connectivity index (χ2v) is 11.7. The van der Waals surface area contributed by atoms with Crippen molar-refractivity contribution >= 4 is 44.6 Å². The van der Waals surface area contributed by atoms with Crippen LogP contribution in [0.5, 0.6) is 0 Å². The molecule has 1 aromatic heterocycles. The Bertz CT molecular complexity index is 1670. The van der Waals surface area contributed by atoms with Gasteiger partial charge >= 0.3 is 6.09 Å². The Morgan fingerprint density at radius 2 is 1.53 bits per heavy atom. The average Bonchev–Trinajstić information content (AvgIpc) is 3.44. The van der Waals surface area contributed by atoms with Crippen LogP contribution in [-0.4, -0.2) is 61.5 Å². The molecule has 2 atom stereocenters. The number of ketones is 1. The molecule has 0 bridgehead atoms. The molecule has 224 valence electrons. The molecule has 0 saturated heterocycles. The van der Waals surface area contributed by atoms with E-state index >= 15 is 0 Å². The Morgan fingerprint density at radius 1 is 0.884 bits per heavy atom. The predicted octanol–water partition coefficient (Wildman–Crippen LogP) is 4.08. The van der Waals surface area contributed by atoms with Gasteiger partial charge in [0, 0.05) is 5.56 Å². The van der Waals surface area contributed by atoms with E-state index in [0.29, 0.717) is 22.2 Å². The van der Waals surface area contributed by atoms with E-state index in [1.165, 1.54) is 0 Å². The standard InChI is InChI=1S/C31H32N4O7S/c1-3-23(27(36)30-34-24-17-11-12-18-26(24)42-30)33-29(37)25(20-43(39,40)19-21-13-7-5-8-14-21)32-28(35-31(38)41-4-2)22-15-9-6-10-16-22/h5-18,23,25H,3-4,19-20H2,1-2H3,(H,33,37)(H,32,35,38). The fourth-order valence-corrected chi connectivity index (χ4v) is 5.82. The van der Waals surface area contributed by atoms with Crippen LogP contribution in [0.15, 0.2) is 94.3 Å². The van der Waals surface area contributed by atoms with Crippen LogP contribution in [-0.2, 0) is 25.1 Å². The van der Waals surface area contributed by atoms with Crippen molar-refractivity contribution in [3.63, 3.8) is 0 Å². The Morgan fingerprint density at radius 3 is 2.19 bits per heavy atom. The number of oxazole rings is 1. The lowest BCUT2D eigenvalue weighted by Gasteiger charge is -2.23. The number of carbonyl (C=O) groups excluding carboxylic acids is 3. The number of nitrogens with zero attached hydrogens (tertiary/aromatic N) is 2. The number of rotatable bonds is 12. The van der Waals surface area contributed by atoms with Crippen LogP contribution in [0.4, 0.5) is 4.79 Å². The number of aliphatic imine (C=N–C) groups is 1. The Balaban J connectivity index is 1.64. The minimum Gasteiger partial charge on any atom is -0.448 e. The second-order valence-electron chi connectivity index (χ2n) is 9.58. The Labute approximate surface area is 249 Å². The van der Waals surface area contributed by atoms with Gasteiger partial charge in [0.05, 0.1) is 24.2 Å². The number of amides is 2. The van der Waals surface area contributed by atoms with Gasteiger partial charge in [0.15, 0.2) is 15.4 Å². The van der Waals surface area contributed by atoms with Gasteiger partial charge in [-0.3, -0.25) is 9.59 Å². The number of benzene rings is 3. The van der Waals surface area contributed by atoms with E-state index in [2.05, 4.69) is 20.6 Å². The smallest absolute Gasteiger partial charge is 0.435 e. The van der Waals surface area contributed by atoms with Crippen LogP contribution in [0.25, 0.3) is 11.1 Å². The first kappa shape index (κ1) is 31.1. The molecule has 2 N–H and O–H groups in total. The quantitative estimate of drug-likeness (QED) is 0.138. The first-order chi connectivity index (χ1) is 20.7. The molecule has 0 saturated carbocycles.